The number of rotatable bonds is 6. The van der Waals surface area contributed by atoms with Crippen LogP contribution < -0.4 is 5.32 Å². The van der Waals surface area contributed by atoms with Crippen LogP contribution in [0.15, 0.2) is 48.5 Å². The highest BCUT2D eigenvalue weighted by atomic mass is 19.4. The molecule has 2 aromatic rings. The summed E-state index contributed by atoms with van der Waals surface area (Å²) in [5.41, 5.74) is 1.56. The Hall–Kier alpha value is -2.34. The molecular formula is C18H18F3NO2. The highest BCUT2D eigenvalue weighted by Crippen LogP contribution is 2.29. The summed E-state index contributed by atoms with van der Waals surface area (Å²) >= 11 is 0. The molecule has 0 aromatic heterocycles. The molecule has 6 heteroatoms. The van der Waals surface area contributed by atoms with E-state index in [0.29, 0.717) is 18.5 Å². The monoisotopic (exact) mass is 337 g/mol. The molecule has 0 fully saturated rings. The van der Waals surface area contributed by atoms with Gasteiger partial charge in [-0.05, 0) is 35.2 Å². The largest absolute Gasteiger partial charge is 0.416 e. The molecule has 0 aliphatic carbocycles. The van der Waals surface area contributed by atoms with Gasteiger partial charge in [0.2, 0.25) is 5.91 Å². The van der Waals surface area contributed by atoms with Crippen LogP contribution in [0, 0.1) is 0 Å². The van der Waals surface area contributed by atoms with Crippen LogP contribution in [0.2, 0.25) is 0 Å². The minimum absolute atomic E-state index is 0.0996. The lowest BCUT2D eigenvalue weighted by molar-refractivity contribution is -0.137. The smallest absolute Gasteiger partial charge is 0.392 e. The van der Waals surface area contributed by atoms with E-state index in [0.717, 1.165) is 23.3 Å². The fourth-order valence-corrected chi connectivity index (χ4v) is 2.28. The van der Waals surface area contributed by atoms with E-state index in [-0.39, 0.29) is 18.9 Å². The van der Waals surface area contributed by atoms with Crippen LogP contribution in [0.1, 0.15) is 28.7 Å². The SMILES string of the molecule is O=C(CCc1ccc(C(F)(F)F)cc1)NCc1ccccc1CO. The van der Waals surface area contributed by atoms with Crippen LogP contribution in [-0.2, 0) is 30.5 Å². The van der Waals surface area contributed by atoms with Crippen molar-refractivity contribution in [3.05, 3.63) is 70.8 Å². The third kappa shape index (κ3) is 5.09. The number of nitrogens with one attached hydrogen (secondary N) is 1. The van der Waals surface area contributed by atoms with Gasteiger partial charge in [0.1, 0.15) is 0 Å². The zero-order valence-electron chi connectivity index (χ0n) is 12.9. The van der Waals surface area contributed by atoms with Gasteiger partial charge >= 0.3 is 6.18 Å². The molecule has 0 aliphatic heterocycles. The zero-order valence-corrected chi connectivity index (χ0v) is 12.9. The van der Waals surface area contributed by atoms with Crippen LogP contribution >= 0.6 is 0 Å². The number of aliphatic hydroxyl groups excluding tert-OH is 1. The minimum Gasteiger partial charge on any atom is -0.392 e. The van der Waals surface area contributed by atoms with Gasteiger partial charge in [-0.25, -0.2) is 0 Å². The van der Waals surface area contributed by atoms with Gasteiger partial charge in [-0.2, -0.15) is 13.2 Å². The number of hydrogen-bond acceptors (Lipinski definition) is 2. The van der Waals surface area contributed by atoms with Crippen LogP contribution in [-0.4, -0.2) is 11.0 Å². The van der Waals surface area contributed by atoms with Crippen molar-refractivity contribution < 1.29 is 23.1 Å². The first-order chi connectivity index (χ1) is 11.4. The van der Waals surface area contributed by atoms with E-state index in [1.807, 2.05) is 18.2 Å². The first kappa shape index (κ1) is 18.0. The normalized spacial score (nSPS) is 11.3. The number of benzene rings is 2. The Morgan fingerprint density at radius 2 is 1.62 bits per heavy atom. The van der Waals surface area contributed by atoms with Crippen molar-refractivity contribution in [2.75, 3.05) is 0 Å². The van der Waals surface area contributed by atoms with E-state index < -0.39 is 11.7 Å². The lowest BCUT2D eigenvalue weighted by atomic mass is 10.1. The summed E-state index contributed by atoms with van der Waals surface area (Å²) in [5, 5.41) is 12.0. The minimum atomic E-state index is -4.35. The maximum Gasteiger partial charge on any atom is 0.416 e. The summed E-state index contributed by atoms with van der Waals surface area (Å²) < 4.78 is 37.4. The van der Waals surface area contributed by atoms with E-state index in [4.69, 9.17) is 0 Å². The average Bonchev–Trinajstić information content (AvgIpc) is 2.58. The fourth-order valence-electron chi connectivity index (χ4n) is 2.28. The highest BCUT2D eigenvalue weighted by Gasteiger charge is 2.29. The molecule has 24 heavy (non-hydrogen) atoms. The summed E-state index contributed by atoms with van der Waals surface area (Å²) in [6, 6.07) is 12.0. The van der Waals surface area contributed by atoms with E-state index in [9.17, 15) is 23.1 Å². The van der Waals surface area contributed by atoms with E-state index >= 15 is 0 Å². The molecule has 0 spiro atoms. The second kappa shape index (κ2) is 7.97. The molecule has 0 aliphatic rings. The molecule has 1 amide bonds. The lowest BCUT2D eigenvalue weighted by Crippen LogP contribution is -2.23. The Balaban J connectivity index is 1.83. The van der Waals surface area contributed by atoms with Gasteiger partial charge in [-0.1, -0.05) is 36.4 Å². The van der Waals surface area contributed by atoms with Crippen molar-refractivity contribution >= 4 is 5.91 Å². The van der Waals surface area contributed by atoms with Crippen molar-refractivity contribution in [3.8, 4) is 0 Å². The van der Waals surface area contributed by atoms with Crippen molar-refractivity contribution in [2.24, 2.45) is 0 Å². The summed E-state index contributed by atoms with van der Waals surface area (Å²) in [6.45, 7) is 0.209. The predicted molar refractivity (Wildman–Crippen MR) is 84.0 cm³/mol. The highest BCUT2D eigenvalue weighted by molar-refractivity contribution is 5.76. The molecular weight excluding hydrogens is 319 g/mol. The summed E-state index contributed by atoms with van der Waals surface area (Å²) in [4.78, 5) is 11.9. The Labute approximate surface area is 138 Å². The average molecular weight is 337 g/mol. The van der Waals surface area contributed by atoms with E-state index in [1.54, 1.807) is 6.07 Å². The molecule has 0 radical (unpaired) electrons. The lowest BCUT2D eigenvalue weighted by Gasteiger charge is -2.10. The number of aryl methyl sites for hydroxylation is 1. The fraction of sp³-hybridized carbons (Fsp3) is 0.278. The van der Waals surface area contributed by atoms with Crippen molar-refractivity contribution in [3.63, 3.8) is 0 Å². The van der Waals surface area contributed by atoms with Crippen LogP contribution in [0.25, 0.3) is 0 Å². The van der Waals surface area contributed by atoms with Crippen LogP contribution in [0.5, 0.6) is 0 Å². The van der Waals surface area contributed by atoms with Gasteiger partial charge in [0.05, 0.1) is 12.2 Å². The molecule has 0 heterocycles. The quantitative estimate of drug-likeness (QED) is 0.848. The Kier molecular flexibility index (Phi) is 5.98. The Morgan fingerprint density at radius 1 is 1.00 bits per heavy atom. The molecule has 3 nitrogen and oxygen atoms in total. The molecule has 0 bridgehead atoms. The third-order valence-corrected chi connectivity index (χ3v) is 3.69. The number of hydrogen-bond donors (Lipinski definition) is 2. The number of alkyl halides is 3. The Morgan fingerprint density at radius 3 is 2.21 bits per heavy atom. The first-order valence-corrected chi connectivity index (χ1v) is 7.50. The predicted octanol–water partition coefficient (Wildman–Crippen LogP) is 3.45. The molecule has 2 aromatic carbocycles. The van der Waals surface area contributed by atoms with Gasteiger partial charge in [-0.15, -0.1) is 0 Å². The van der Waals surface area contributed by atoms with Gasteiger partial charge in [0.25, 0.3) is 0 Å². The standard InChI is InChI=1S/C18H18F3NO2/c19-18(20,21)16-8-5-13(6-9-16)7-10-17(24)22-11-14-3-1-2-4-15(14)12-23/h1-6,8-9,23H,7,10-12H2,(H,22,24). The topological polar surface area (TPSA) is 49.3 Å². The molecule has 0 atom stereocenters. The van der Waals surface area contributed by atoms with Gasteiger partial charge in [-0.3, -0.25) is 4.79 Å². The van der Waals surface area contributed by atoms with Gasteiger partial charge in [0.15, 0.2) is 0 Å². The van der Waals surface area contributed by atoms with Crippen molar-refractivity contribution in [1.82, 2.24) is 5.32 Å². The second-order valence-corrected chi connectivity index (χ2v) is 5.40. The van der Waals surface area contributed by atoms with Crippen LogP contribution in [0.3, 0.4) is 0 Å². The molecule has 0 unspecified atom stereocenters. The molecule has 0 saturated heterocycles. The van der Waals surface area contributed by atoms with Gasteiger partial charge < -0.3 is 10.4 Å². The number of carbonyl (C=O) groups excluding carboxylic acids is 1. The van der Waals surface area contributed by atoms with E-state index in [2.05, 4.69) is 5.32 Å². The maximum atomic E-state index is 12.5. The molecule has 128 valence electrons. The summed E-state index contributed by atoms with van der Waals surface area (Å²) in [6.07, 6.45) is -3.80. The number of carbonyl (C=O) groups is 1. The maximum absolute atomic E-state index is 12.5. The van der Waals surface area contributed by atoms with Crippen LogP contribution in [0.4, 0.5) is 13.2 Å². The second-order valence-electron chi connectivity index (χ2n) is 5.40. The van der Waals surface area contributed by atoms with Crippen molar-refractivity contribution in [2.45, 2.75) is 32.2 Å². The van der Waals surface area contributed by atoms with Crippen molar-refractivity contribution in [1.29, 1.82) is 0 Å². The number of amides is 1. The van der Waals surface area contributed by atoms with E-state index in [1.165, 1.54) is 12.1 Å². The number of aliphatic hydroxyl groups is 1. The van der Waals surface area contributed by atoms with Gasteiger partial charge in [0, 0.05) is 13.0 Å². The molecule has 2 rings (SSSR count). The number of halogens is 3. The molecule has 2 N–H and O–H groups in total. The Bertz CT molecular complexity index is 681. The zero-order chi connectivity index (χ0) is 17.6. The first-order valence-electron chi connectivity index (χ1n) is 7.50. The summed E-state index contributed by atoms with van der Waals surface area (Å²) in [5.74, 6) is -0.192. The third-order valence-electron chi connectivity index (χ3n) is 3.69. The molecule has 0 saturated carbocycles. The summed E-state index contributed by atoms with van der Waals surface area (Å²) in [7, 11) is 0.